The molecule has 1 heterocycles. The minimum Gasteiger partial charge on any atom is -0.494 e. The van der Waals surface area contributed by atoms with Crippen LogP contribution in [0.25, 0.3) is 0 Å². The third-order valence-electron chi connectivity index (χ3n) is 5.03. The first-order valence-electron chi connectivity index (χ1n) is 9.57. The summed E-state index contributed by atoms with van der Waals surface area (Å²) in [5.41, 5.74) is 8.00. The van der Waals surface area contributed by atoms with E-state index in [1.165, 1.54) is 50.8 Å². The van der Waals surface area contributed by atoms with E-state index in [-0.39, 0.29) is 0 Å². The van der Waals surface area contributed by atoms with Gasteiger partial charge in [-0.15, -0.1) is 0 Å². The van der Waals surface area contributed by atoms with Crippen molar-refractivity contribution in [2.75, 3.05) is 25.4 Å². The number of hydrogen-bond acceptors (Lipinski definition) is 3. The minimum atomic E-state index is 0.700. The van der Waals surface area contributed by atoms with Gasteiger partial charge in [0.1, 0.15) is 5.75 Å². The average molecular weight is 338 g/mol. The number of unbranched alkanes of at least 4 members (excludes halogenated alkanes) is 1. The molecule has 0 radical (unpaired) electrons. The molecule has 0 saturated carbocycles. The quantitative estimate of drug-likeness (QED) is 0.568. The highest BCUT2D eigenvalue weighted by Crippen LogP contribution is 2.21. The van der Waals surface area contributed by atoms with Gasteiger partial charge in [0.05, 0.1) is 6.61 Å². The maximum absolute atomic E-state index is 5.80. The zero-order chi connectivity index (χ0) is 17.3. The molecule has 0 aliphatic carbocycles. The van der Waals surface area contributed by atoms with Gasteiger partial charge >= 0.3 is 0 Å². The van der Waals surface area contributed by atoms with Gasteiger partial charge in [-0.1, -0.05) is 42.8 Å². The summed E-state index contributed by atoms with van der Waals surface area (Å²) in [6.45, 7) is 3.19. The number of benzene rings is 2. The molecule has 1 aliphatic rings. The summed E-state index contributed by atoms with van der Waals surface area (Å²) in [5, 5.41) is 0. The Morgan fingerprint density at radius 2 is 1.88 bits per heavy atom. The Labute approximate surface area is 151 Å². The molecule has 0 aromatic heterocycles. The largest absolute Gasteiger partial charge is 0.494 e. The lowest BCUT2D eigenvalue weighted by Crippen LogP contribution is -2.41. The van der Waals surface area contributed by atoms with Crippen LogP contribution in [-0.2, 0) is 6.42 Å². The summed E-state index contributed by atoms with van der Waals surface area (Å²) in [7, 11) is 0. The number of nitrogen functional groups attached to an aromatic ring is 1. The van der Waals surface area contributed by atoms with Crippen LogP contribution < -0.4 is 10.5 Å². The number of likely N-dealkylation sites (tertiary alicyclic amines) is 1. The first-order chi connectivity index (χ1) is 12.3. The van der Waals surface area contributed by atoms with E-state index in [9.17, 15) is 0 Å². The molecule has 1 saturated heterocycles. The van der Waals surface area contributed by atoms with Crippen molar-refractivity contribution < 1.29 is 4.74 Å². The molecule has 0 bridgehead atoms. The smallest absolute Gasteiger partial charge is 0.121 e. The first-order valence-corrected chi connectivity index (χ1v) is 9.57. The molecular weight excluding hydrogens is 308 g/mol. The van der Waals surface area contributed by atoms with Crippen LogP contribution in [0.4, 0.5) is 5.69 Å². The second-order valence-electron chi connectivity index (χ2n) is 7.00. The van der Waals surface area contributed by atoms with Crippen molar-refractivity contribution in [3.63, 3.8) is 0 Å². The lowest BCUT2D eigenvalue weighted by molar-refractivity contribution is 0.142. The molecule has 3 rings (SSSR count). The lowest BCUT2D eigenvalue weighted by Gasteiger charge is -2.36. The summed E-state index contributed by atoms with van der Waals surface area (Å²) in [6, 6.07) is 19.3. The SMILES string of the molecule is Nc1cccc(OCCCCN2CCCCC2Cc2ccccc2)c1. The molecule has 1 aliphatic heterocycles. The Morgan fingerprint density at radius 1 is 1.00 bits per heavy atom. The fraction of sp³-hybridized carbons (Fsp3) is 0.455. The fourth-order valence-electron chi connectivity index (χ4n) is 3.68. The zero-order valence-electron chi connectivity index (χ0n) is 15.1. The molecule has 25 heavy (non-hydrogen) atoms. The highest BCUT2D eigenvalue weighted by molar-refractivity contribution is 5.43. The number of nitrogens with two attached hydrogens (primary N) is 1. The number of rotatable bonds is 8. The number of ether oxygens (including phenoxy) is 1. The van der Waals surface area contributed by atoms with Crippen molar-refractivity contribution in [1.82, 2.24) is 4.90 Å². The monoisotopic (exact) mass is 338 g/mol. The normalized spacial score (nSPS) is 18.2. The summed E-state index contributed by atoms with van der Waals surface area (Å²) >= 11 is 0. The molecular formula is C22H30N2O. The Kier molecular flexibility index (Phi) is 6.75. The molecule has 2 N–H and O–H groups in total. The van der Waals surface area contributed by atoms with E-state index in [0.29, 0.717) is 6.04 Å². The van der Waals surface area contributed by atoms with Crippen LogP contribution in [0.3, 0.4) is 0 Å². The highest BCUT2D eigenvalue weighted by Gasteiger charge is 2.21. The van der Waals surface area contributed by atoms with Crippen LogP contribution >= 0.6 is 0 Å². The van der Waals surface area contributed by atoms with Gasteiger partial charge in [-0.3, -0.25) is 0 Å². The maximum Gasteiger partial charge on any atom is 0.121 e. The molecule has 3 heteroatoms. The van der Waals surface area contributed by atoms with Crippen LogP contribution in [0, 0.1) is 0 Å². The molecule has 134 valence electrons. The summed E-state index contributed by atoms with van der Waals surface area (Å²) in [4.78, 5) is 2.69. The van der Waals surface area contributed by atoms with Crippen LogP contribution in [0.2, 0.25) is 0 Å². The van der Waals surface area contributed by atoms with Crippen molar-refractivity contribution in [3.8, 4) is 5.75 Å². The van der Waals surface area contributed by atoms with Crippen LogP contribution in [0.5, 0.6) is 5.75 Å². The topological polar surface area (TPSA) is 38.5 Å². The van der Waals surface area contributed by atoms with Crippen molar-refractivity contribution >= 4 is 5.69 Å². The first kappa shape index (κ1) is 17.8. The third kappa shape index (κ3) is 5.79. The standard InChI is InChI=1S/C22H30N2O/c23-20-11-8-13-22(18-20)25-16-7-6-15-24-14-5-4-12-21(24)17-19-9-2-1-3-10-19/h1-3,8-11,13,18,21H,4-7,12,14-17,23H2. The second kappa shape index (κ2) is 9.47. The van der Waals surface area contributed by atoms with Gasteiger partial charge in [-0.05, 0) is 62.9 Å². The summed E-state index contributed by atoms with van der Waals surface area (Å²) in [6.07, 6.45) is 7.49. The molecule has 1 unspecified atom stereocenters. The maximum atomic E-state index is 5.80. The van der Waals surface area contributed by atoms with E-state index in [2.05, 4.69) is 35.2 Å². The predicted octanol–water partition coefficient (Wildman–Crippen LogP) is 4.53. The van der Waals surface area contributed by atoms with E-state index in [0.717, 1.165) is 24.5 Å². The van der Waals surface area contributed by atoms with Crippen molar-refractivity contribution in [3.05, 3.63) is 60.2 Å². The van der Waals surface area contributed by atoms with Gasteiger partial charge in [0, 0.05) is 17.8 Å². The van der Waals surface area contributed by atoms with Gasteiger partial charge in [-0.2, -0.15) is 0 Å². The molecule has 0 spiro atoms. The number of nitrogens with zero attached hydrogens (tertiary/aromatic N) is 1. The van der Waals surface area contributed by atoms with E-state index in [1.54, 1.807) is 0 Å². The van der Waals surface area contributed by atoms with Crippen molar-refractivity contribution in [2.24, 2.45) is 0 Å². The summed E-state index contributed by atoms with van der Waals surface area (Å²) < 4.78 is 5.80. The van der Waals surface area contributed by atoms with E-state index in [4.69, 9.17) is 10.5 Å². The second-order valence-corrected chi connectivity index (χ2v) is 7.00. The van der Waals surface area contributed by atoms with Gasteiger partial charge in [0.15, 0.2) is 0 Å². The molecule has 2 aromatic carbocycles. The molecule has 1 atom stereocenters. The minimum absolute atomic E-state index is 0.700. The molecule has 1 fully saturated rings. The Hall–Kier alpha value is -2.00. The average Bonchev–Trinajstić information content (AvgIpc) is 2.64. The zero-order valence-corrected chi connectivity index (χ0v) is 15.1. The van der Waals surface area contributed by atoms with Crippen molar-refractivity contribution in [1.29, 1.82) is 0 Å². The predicted molar refractivity (Wildman–Crippen MR) is 105 cm³/mol. The highest BCUT2D eigenvalue weighted by atomic mass is 16.5. The fourth-order valence-corrected chi connectivity index (χ4v) is 3.68. The Bertz CT molecular complexity index is 629. The number of piperidine rings is 1. The Morgan fingerprint density at radius 3 is 2.72 bits per heavy atom. The third-order valence-corrected chi connectivity index (χ3v) is 5.03. The van der Waals surface area contributed by atoms with E-state index < -0.39 is 0 Å². The van der Waals surface area contributed by atoms with E-state index in [1.807, 2.05) is 24.3 Å². The Balaban J connectivity index is 1.40. The van der Waals surface area contributed by atoms with Crippen LogP contribution in [-0.4, -0.2) is 30.6 Å². The van der Waals surface area contributed by atoms with Gasteiger partial charge in [0.25, 0.3) is 0 Å². The summed E-state index contributed by atoms with van der Waals surface area (Å²) in [5.74, 6) is 0.875. The van der Waals surface area contributed by atoms with E-state index >= 15 is 0 Å². The van der Waals surface area contributed by atoms with Gasteiger partial charge < -0.3 is 15.4 Å². The molecule has 3 nitrogen and oxygen atoms in total. The number of hydrogen-bond donors (Lipinski definition) is 1. The van der Waals surface area contributed by atoms with Crippen LogP contribution in [0.15, 0.2) is 54.6 Å². The number of anilines is 1. The van der Waals surface area contributed by atoms with Crippen molar-refractivity contribution in [2.45, 2.75) is 44.6 Å². The van der Waals surface area contributed by atoms with Gasteiger partial charge in [0.2, 0.25) is 0 Å². The lowest BCUT2D eigenvalue weighted by atomic mass is 9.95. The molecule has 0 amide bonds. The molecule has 2 aromatic rings. The van der Waals surface area contributed by atoms with Gasteiger partial charge in [-0.25, -0.2) is 0 Å². The van der Waals surface area contributed by atoms with Crippen LogP contribution in [0.1, 0.15) is 37.7 Å².